The number of carbonyl (C=O) groups is 1. The highest BCUT2D eigenvalue weighted by atomic mass is 35.5. The van der Waals surface area contributed by atoms with Crippen LogP contribution in [0.2, 0.25) is 4.34 Å². The third-order valence-corrected chi connectivity index (χ3v) is 10.8. The molecule has 34 heavy (non-hydrogen) atoms. The van der Waals surface area contributed by atoms with E-state index >= 15 is 0 Å². The van der Waals surface area contributed by atoms with Crippen molar-refractivity contribution < 1.29 is 13.2 Å². The van der Waals surface area contributed by atoms with Gasteiger partial charge in [0.05, 0.1) is 14.6 Å². The number of carbonyl (C=O) groups excluding carboxylic acids is 1. The molecule has 11 heteroatoms. The zero-order chi connectivity index (χ0) is 24.6. The van der Waals surface area contributed by atoms with Crippen LogP contribution >= 0.6 is 34.3 Å². The fraction of sp³-hybridized carbons (Fsp3) is 0.478. The Morgan fingerprint density at radius 2 is 1.79 bits per heavy atom. The third kappa shape index (κ3) is 5.32. The van der Waals surface area contributed by atoms with Crippen LogP contribution in [0.4, 0.5) is 5.13 Å². The molecule has 1 aromatic carbocycles. The van der Waals surface area contributed by atoms with Gasteiger partial charge in [-0.2, -0.15) is 4.31 Å². The fourth-order valence-corrected chi connectivity index (χ4v) is 8.19. The molecule has 0 saturated carbocycles. The van der Waals surface area contributed by atoms with Crippen molar-refractivity contribution in [1.82, 2.24) is 14.2 Å². The molecule has 0 bridgehead atoms. The number of piperidine rings is 1. The highest BCUT2D eigenvalue weighted by molar-refractivity contribution is 7.91. The van der Waals surface area contributed by atoms with Crippen LogP contribution in [-0.2, 0) is 14.8 Å². The van der Waals surface area contributed by atoms with Crippen molar-refractivity contribution in [1.29, 1.82) is 0 Å². The van der Waals surface area contributed by atoms with E-state index in [9.17, 15) is 13.2 Å². The fourth-order valence-electron chi connectivity index (χ4n) is 4.01. The SMILES string of the molecule is Cc1cc2nc(N(CCN(C)C)C(=O)C3CCN(S(=O)(=O)c4ccc(Cl)s4)CC3)sc2cc1C. The number of sulfonamides is 1. The molecule has 0 N–H and O–H groups in total. The number of hydrogen-bond acceptors (Lipinski definition) is 7. The van der Waals surface area contributed by atoms with Gasteiger partial charge < -0.3 is 4.90 Å². The summed E-state index contributed by atoms with van der Waals surface area (Å²) >= 11 is 8.53. The van der Waals surface area contributed by atoms with E-state index in [1.54, 1.807) is 17.0 Å². The Morgan fingerprint density at radius 3 is 2.41 bits per heavy atom. The maximum atomic E-state index is 13.6. The van der Waals surface area contributed by atoms with Crippen molar-refractivity contribution in [3.05, 3.63) is 39.7 Å². The molecule has 0 spiro atoms. The first-order chi connectivity index (χ1) is 16.1. The van der Waals surface area contributed by atoms with E-state index < -0.39 is 10.0 Å². The number of benzene rings is 1. The number of aryl methyl sites for hydroxylation is 2. The molecule has 0 atom stereocenters. The number of amides is 1. The smallest absolute Gasteiger partial charge is 0.252 e. The number of fused-ring (bicyclic) bond motifs is 1. The van der Waals surface area contributed by atoms with Crippen molar-refractivity contribution in [3.63, 3.8) is 0 Å². The first-order valence-electron chi connectivity index (χ1n) is 11.2. The van der Waals surface area contributed by atoms with Crippen LogP contribution in [0.25, 0.3) is 10.2 Å². The van der Waals surface area contributed by atoms with E-state index in [0.29, 0.717) is 48.5 Å². The second-order valence-corrected chi connectivity index (χ2v) is 13.8. The summed E-state index contributed by atoms with van der Waals surface area (Å²) in [6.07, 6.45) is 0.970. The largest absolute Gasteiger partial charge is 0.308 e. The highest BCUT2D eigenvalue weighted by Gasteiger charge is 2.35. The number of nitrogens with zero attached hydrogens (tertiary/aromatic N) is 4. The Morgan fingerprint density at radius 1 is 1.12 bits per heavy atom. The first kappa shape index (κ1) is 25.5. The number of rotatable bonds is 7. The van der Waals surface area contributed by atoms with E-state index in [2.05, 4.69) is 26.0 Å². The van der Waals surface area contributed by atoms with E-state index in [0.717, 1.165) is 21.6 Å². The quantitative estimate of drug-likeness (QED) is 0.437. The normalized spacial score (nSPS) is 15.9. The second kappa shape index (κ2) is 10.2. The third-order valence-electron chi connectivity index (χ3n) is 6.21. The van der Waals surface area contributed by atoms with Gasteiger partial charge in [0.25, 0.3) is 10.0 Å². The van der Waals surface area contributed by atoms with Crippen LogP contribution in [0.3, 0.4) is 0 Å². The lowest BCUT2D eigenvalue weighted by atomic mass is 9.96. The van der Waals surface area contributed by atoms with Gasteiger partial charge in [-0.3, -0.25) is 9.69 Å². The molecule has 2 aromatic heterocycles. The first-order valence-corrected chi connectivity index (χ1v) is 14.6. The molecule has 3 aromatic rings. The molecule has 1 amide bonds. The summed E-state index contributed by atoms with van der Waals surface area (Å²) < 4.78 is 29.1. The van der Waals surface area contributed by atoms with Gasteiger partial charge in [-0.1, -0.05) is 22.9 Å². The van der Waals surface area contributed by atoms with Crippen LogP contribution in [-0.4, -0.2) is 68.8 Å². The van der Waals surface area contributed by atoms with E-state index in [4.69, 9.17) is 16.6 Å². The van der Waals surface area contributed by atoms with Gasteiger partial charge >= 0.3 is 0 Å². The van der Waals surface area contributed by atoms with Gasteiger partial charge in [0, 0.05) is 32.1 Å². The summed E-state index contributed by atoms with van der Waals surface area (Å²) in [5.41, 5.74) is 3.28. The molecule has 7 nitrogen and oxygen atoms in total. The van der Waals surface area contributed by atoms with Crippen molar-refractivity contribution in [2.45, 2.75) is 30.9 Å². The van der Waals surface area contributed by atoms with Crippen LogP contribution < -0.4 is 4.90 Å². The highest BCUT2D eigenvalue weighted by Crippen LogP contribution is 2.34. The van der Waals surface area contributed by atoms with Crippen molar-refractivity contribution in [2.24, 2.45) is 5.92 Å². The van der Waals surface area contributed by atoms with Crippen LogP contribution in [0, 0.1) is 19.8 Å². The number of thiophene rings is 1. The summed E-state index contributed by atoms with van der Waals surface area (Å²) in [6, 6.07) is 7.33. The second-order valence-electron chi connectivity index (χ2n) is 8.93. The van der Waals surface area contributed by atoms with E-state index in [1.807, 2.05) is 19.0 Å². The number of aromatic nitrogens is 1. The Labute approximate surface area is 214 Å². The lowest BCUT2D eigenvalue weighted by molar-refractivity contribution is -0.123. The van der Waals surface area contributed by atoms with Gasteiger partial charge in [0.2, 0.25) is 5.91 Å². The molecule has 0 unspecified atom stereocenters. The average Bonchev–Trinajstić information content (AvgIpc) is 3.40. The standard InChI is InChI=1S/C23H29ClN4O3S3/c1-15-13-18-19(14-16(15)2)32-23(25-18)28(12-11-26(3)4)22(29)17-7-9-27(10-8-17)34(30,31)21-6-5-20(24)33-21/h5-6,13-14,17H,7-12H2,1-4H3. The van der Waals surface area contributed by atoms with Crippen molar-refractivity contribution in [3.8, 4) is 0 Å². The number of halogens is 1. The topological polar surface area (TPSA) is 73.8 Å². The monoisotopic (exact) mass is 540 g/mol. The summed E-state index contributed by atoms with van der Waals surface area (Å²) in [7, 11) is 0.376. The summed E-state index contributed by atoms with van der Waals surface area (Å²) in [5, 5.41) is 0.704. The minimum atomic E-state index is -3.58. The molecular formula is C23H29ClN4O3S3. The summed E-state index contributed by atoms with van der Waals surface area (Å²) in [4.78, 5) is 22.3. The van der Waals surface area contributed by atoms with Gasteiger partial charge in [0.1, 0.15) is 4.21 Å². The molecule has 1 aliphatic rings. The lowest BCUT2D eigenvalue weighted by Gasteiger charge is -2.33. The van der Waals surface area contributed by atoms with Gasteiger partial charge in [0.15, 0.2) is 5.13 Å². The minimum absolute atomic E-state index is 0.0190. The van der Waals surface area contributed by atoms with E-state index in [-0.39, 0.29) is 16.0 Å². The zero-order valence-electron chi connectivity index (χ0n) is 19.7. The maximum Gasteiger partial charge on any atom is 0.252 e. The van der Waals surface area contributed by atoms with Crippen molar-refractivity contribution in [2.75, 3.05) is 45.2 Å². The zero-order valence-corrected chi connectivity index (χ0v) is 23.0. The lowest BCUT2D eigenvalue weighted by Crippen LogP contribution is -2.45. The predicted molar refractivity (Wildman–Crippen MR) is 141 cm³/mol. The predicted octanol–water partition coefficient (Wildman–Crippen LogP) is 4.62. The minimum Gasteiger partial charge on any atom is -0.308 e. The number of thiazole rings is 1. The Hall–Kier alpha value is -1.56. The molecule has 1 saturated heterocycles. The summed E-state index contributed by atoms with van der Waals surface area (Å²) in [6.45, 7) is 6.02. The van der Waals surface area contributed by atoms with Crippen molar-refractivity contribution >= 4 is 65.6 Å². The van der Waals surface area contributed by atoms with Crippen LogP contribution in [0.1, 0.15) is 24.0 Å². The summed E-state index contributed by atoms with van der Waals surface area (Å²) in [5.74, 6) is -0.221. The molecular weight excluding hydrogens is 512 g/mol. The number of hydrogen-bond donors (Lipinski definition) is 0. The molecule has 1 aliphatic heterocycles. The van der Waals surface area contributed by atoms with Gasteiger partial charge in [-0.25, -0.2) is 13.4 Å². The molecule has 3 heterocycles. The number of likely N-dealkylation sites (N-methyl/N-ethyl adjacent to an activating group) is 1. The Bertz CT molecular complexity index is 1260. The maximum absolute atomic E-state index is 13.6. The molecule has 1 fully saturated rings. The van der Waals surface area contributed by atoms with Crippen LogP contribution in [0.15, 0.2) is 28.5 Å². The molecule has 4 rings (SSSR count). The average molecular weight is 541 g/mol. The van der Waals surface area contributed by atoms with Gasteiger partial charge in [-0.05, 0) is 76.2 Å². The molecule has 0 aliphatic carbocycles. The van der Waals surface area contributed by atoms with E-state index in [1.165, 1.54) is 26.8 Å². The van der Waals surface area contributed by atoms with Crippen LogP contribution in [0.5, 0.6) is 0 Å². The Balaban J connectivity index is 1.52. The van der Waals surface area contributed by atoms with Gasteiger partial charge in [-0.15, -0.1) is 11.3 Å². The Kier molecular flexibility index (Phi) is 7.66. The molecule has 0 radical (unpaired) electrons. The number of anilines is 1. The molecule has 184 valence electrons.